The Hall–Kier alpha value is -2.45. The second kappa shape index (κ2) is 7.84. The molecule has 0 bridgehead atoms. The topological polar surface area (TPSA) is 83.6 Å². The molecule has 2 aromatic rings. The summed E-state index contributed by atoms with van der Waals surface area (Å²) >= 11 is 1.42. The van der Waals surface area contributed by atoms with Crippen LogP contribution in [-0.2, 0) is 22.5 Å². The molecule has 26 heavy (non-hydrogen) atoms. The molecule has 138 valence electrons. The predicted octanol–water partition coefficient (Wildman–Crippen LogP) is 2.94. The largest absolute Gasteiger partial charge is 0.453 e. The number of rotatable bonds is 4. The summed E-state index contributed by atoms with van der Waals surface area (Å²) in [4.78, 5) is 31.2. The summed E-state index contributed by atoms with van der Waals surface area (Å²) < 4.78 is 4.59. The number of anilines is 2. The van der Waals surface area contributed by atoms with Crippen LogP contribution in [-0.4, -0.2) is 42.1 Å². The molecule has 1 aromatic carbocycles. The van der Waals surface area contributed by atoms with Gasteiger partial charge in [-0.25, -0.2) is 9.78 Å². The van der Waals surface area contributed by atoms with Crippen LogP contribution in [0.5, 0.6) is 0 Å². The minimum atomic E-state index is -0.527. The lowest BCUT2D eigenvalue weighted by Crippen LogP contribution is -2.36. The standard InChI is InChI=1S/C18H22N4O3S/c1-11-4-5-13(8-12(11)2)19-16(23)10-22-7-6-14-15(9-22)26-17(20-14)21-18(24)25-3/h4-5,8H,6-7,9-10H2,1-3H3,(H,19,23)(H,20,21,24). The highest BCUT2D eigenvalue weighted by Gasteiger charge is 2.23. The number of aryl methyl sites for hydroxylation is 2. The molecule has 0 atom stereocenters. The number of thiazole rings is 1. The Morgan fingerprint density at radius 3 is 2.81 bits per heavy atom. The Balaban J connectivity index is 1.57. The zero-order valence-electron chi connectivity index (χ0n) is 15.1. The van der Waals surface area contributed by atoms with E-state index in [-0.39, 0.29) is 5.91 Å². The number of nitrogens with zero attached hydrogens (tertiary/aromatic N) is 2. The fourth-order valence-electron chi connectivity index (χ4n) is 2.80. The molecule has 8 heteroatoms. The number of hydrogen-bond acceptors (Lipinski definition) is 6. The van der Waals surface area contributed by atoms with E-state index in [0.717, 1.165) is 34.8 Å². The monoisotopic (exact) mass is 374 g/mol. The summed E-state index contributed by atoms with van der Waals surface area (Å²) in [5, 5.41) is 6.08. The van der Waals surface area contributed by atoms with Crippen LogP contribution in [0.3, 0.4) is 0 Å². The number of amides is 2. The van der Waals surface area contributed by atoms with Gasteiger partial charge in [0.2, 0.25) is 5.91 Å². The van der Waals surface area contributed by atoms with Gasteiger partial charge in [0.05, 0.1) is 19.3 Å². The zero-order chi connectivity index (χ0) is 18.7. The first-order valence-electron chi connectivity index (χ1n) is 8.37. The highest BCUT2D eigenvalue weighted by atomic mass is 32.1. The van der Waals surface area contributed by atoms with Crippen LogP contribution in [0.2, 0.25) is 0 Å². The van der Waals surface area contributed by atoms with Crippen molar-refractivity contribution < 1.29 is 14.3 Å². The van der Waals surface area contributed by atoms with Gasteiger partial charge < -0.3 is 10.1 Å². The molecular formula is C18H22N4O3S. The number of carbonyl (C=O) groups excluding carboxylic acids is 2. The molecule has 1 aromatic heterocycles. The maximum atomic E-state index is 12.3. The van der Waals surface area contributed by atoms with Crippen molar-refractivity contribution in [3.05, 3.63) is 39.9 Å². The quantitative estimate of drug-likeness (QED) is 0.860. The molecule has 2 heterocycles. The van der Waals surface area contributed by atoms with E-state index in [0.29, 0.717) is 18.2 Å². The van der Waals surface area contributed by atoms with Crippen LogP contribution in [0.15, 0.2) is 18.2 Å². The molecule has 0 radical (unpaired) electrons. The molecule has 1 aliphatic rings. The molecule has 7 nitrogen and oxygen atoms in total. The van der Waals surface area contributed by atoms with Crippen LogP contribution in [0.4, 0.5) is 15.6 Å². The number of aromatic nitrogens is 1. The van der Waals surface area contributed by atoms with Gasteiger partial charge in [-0.05, 0) is 37.1 Å². The first-order chi connectivity index (χ1) is 12.4. The van der Waals surface area contributed by atoms with Gasteiger partial charge in [-0.15, -0.1) is 0 Å². The summed E-state index contributed by atoms with van der Waals surface area (Å²) in [6.45, 7) is 5.81. The molecule has 0 unspecified atom stereocenters. The van der Waals surface area contributed by atoms with Gasteiger partial charge in [-0.2, -0.15) is 0 Å². The highest BCUT2D eigenvalue weighted by Crippen LogP contribution is 2.28. The Morgan fingerprint density at radius 1 is 1.27 bits per heavy atom. The number of nitrogens with one attached hydrogen (secondary N) is 2. The van der Waals surface area contributed by atoms with Gasteiger partial charge in [0.15, 0.2) is 5.13 Å². The fourth-order valence-corrected chi connectivity index (χ4v) is 3.83. The van der Waals surface area contributed by atoms with Gasteiger partial charge in [0.1, 0.15) is 0 Å². The normalized spacial score (nSPS) is 13.8. The Bertz CT molecular complexity index is 834. The van der Waals surface area contributed by atoms with Crippen molar-refractivity contribution in [1.29, 1.82) is 0 Å². The number of methoxy groups -OCH3 is 1. The molecule has 3 rings (SSSR count). The maximum absolute atomic E-state index is 12.3. The van der Waals surface area contributed by atoms with Gasteiger partial charge in [0.25, 0.3) is 0 Å². The Labute approximate surface area is 156 Å². The van der Waals surface area contributed by atoms with Crippen LogP contribution in [0.1, 0.15) is 21.7 Å². The van der Waals surface area contributed by atoms with Crippen molar-refractivity contribution in [3.63, 3.8) is 0 Å². The van der Waals surface area contributed by atoms with E-state index < -0.39 is 6.09 Å². The third-order valence-corrected chi connectivity index (χ3v) is 5.36. The van der Waals surface area contributed by atoms with E-state index in [1.165, 1.54) is 24.0 Å². The van der Waals surface area contributed by atoms with E-state index in [2.05, 4.69) is 25.3 Å². The molecule has 1 aliphatic heterocycles. The van der Waals surface area contributed by atoms with Crippen molar-refractivity contribution >= 4 is 34.2 Å². The van der Waals surface area contributed by atoms with Gasteiger partial charge in [-0.3, -0.25) is 15.0 Å². The second-order valence-electron chi connectivity index (χ2n) is 6.31. The van der Waals surface area contributed by atoms with E-state index in [1.54, 1.807) is 0 Å². The summed E-state index contributed by atoms with van der Waals surface area (Å²) in [6.07, 6.45) is 0.228. The van der Waals surface area contributed by atoms with Crippen LogP contribution in [0, 0.1) is 13.8 Å². The van der Waals surface area contributed by atoms with E-state index in [1.807, 2.05) is 32.0 Å². The summed E-state index contributed by atoms with van der Waals surface area (Å²) in [6, 6.07) is 5.91. The minimum absolute atomic E-state index is 0.0332. The highest BCUT2D eigenvalue weighted by molar-refractivity contribution is 7.15. The fraction of sp³-hybridized carbons (Fsp3) is 0.389. The second-order valence-corrected chi connectivity index (χ2v) is 7.40. The number of benzene rings is 1. The van der Waals surface area contributed by atoms with Crippen molar-refractivity contribution in [2.75, 3.05) is 30.8 Å². The SMILES string of the molecule is COC(=O)Nc1nc2c(s1)CN(CC(=O)Nc1ccc(C)c(C)c1)CC2. The summed E-state index contributed by atoms with van der Waals surface area (Å²) in [5.74, 6) is -0.0332. The molecule has 0 saturated heterocycles. The molecular weight excluding hydrogens is 352 g/mol. The molecule has 0 aliphatic carbocycles. The lowest BCUT2D eigenvalue weighted by atomic mass is 10.1. The number of fused-ring (bicyclic) bond motifs is 1. The predicted molar refractivity (Wildman–Crippen MR) is 102 cm³/mol. The molecule has 0 spiro atoms. The van der Waals surface area contributed by atoms with E-state index >= 15 is 0 Å². The van der Waals surface area contributed by atoms with Crippen molar-refractivity contribution in [1.82, 2.24) is 9.88 Å². The first kappa shape index (κ1) is 18.3. The lowest BCUT2D eigenvalue weighted by Gasteiger charge is -2.25. The smallest absolute Gasteiger partial charge is 0.413 e. The Morgan fingerprint density at radius 2 is 2.08 bits per heavy atom. The van der Waals surface area contributed by atoms with Gasteiger partial charge in [0, 0.05) is 30.1 Å². The zero-order valence-corrected chi connectivity index (χ0v) is 15.9. The van der Waals surface area contributed by atoms with E-state index in [4.69, 9.17) is 0 Å². The van der Waals surface area contributed by atoms with Crippen molar-refractivity contribution in [2.24, 2.45) is 0 Å². The number of hydrogen-bond donors (Lipinski definition) is 2. The van der Waals surface area contributed by atoms with E-state index in [9.17, 15) is 9.59 Å². The maximum Gasteiger partial charge on any atom is 0.413 e. The first-order valence-corrected chi connectivity index (χ1v) is 9.19. The van der Waals surface area contributed by atoms with Gasteiger partial charge in [-0.1, -0.05) is 17.4 Å². The molecule has 0 saturated carbocycles. The average Bonchev–Trinajstić information content (AvgIpc) is 2.99. The lowest BCUT2D eigenvalue weighted by molar-refractivity contribution is -0.117. The summed E-state index contributed by atoms with van der Waals surface area (Å²) in [7, 11) is 1.32. The van der Waals surface area contributed by atoms with Crippen molar-refractivity contribution in [3.8, 4) is 0 Å². The van der Waals surface area contributed by atoms with Crippen molar-refractivity contribution in [2.45, 2.75) is 26.8 Å². The Kier molecular flexibility index (Phi) is 5.53. The number of ether oxygens (including phenoxy) is 1. The van der Waals surface area contributed by atoms with Crippen LogP contribution >= 0.6 is 11.3 Å². The molecule has 2 N–H and O–H groups in total. The molecule has 0 fully saturated rings. The van der Waals surface area contributed by atoms with Gasteiger partial charge >= 0.3 is 6.09 Å². The third kappa shape index (κ3) is 4.39. The number of carbonyl (C=O) groups is 2. The van der Waals surface area contributed by atoms with Crippen LogP contribution < -0.4 is 10.6 Å². The third-order valence-electron chi connectivity index (χ3n) is 4.36. The molecule has 2 amide bonds. The average molecular weight is 374 g/mol. The minimum Gasteiger partial charge on any atom is -0.453 e. The summed E-state index contributed by atoms with van der Waals surface area (Å²) in [5.41, 5.74) is 4.15. The van der Waals surface area contributed by atoms with Crippen LogP contribution in [0.25, 0.3) is 0 Å².